The third-order valence-electron chi connectivity index (χ3n) is 7.47. The van der Waals surface area contributed by atoms with E-state index in [-0.39, 0.29) is 23.3 Å². The summed E-state index contributed by atoms with van der Waals surface area (Å²) in [5.74, 6) is 2.30. The number of hydrogen-bond donors (Lipinski definition) is 1. The normalized spacial score (nSPS) is 35.6. The molecule has 4 bridgehead atoms. The van der Waals surface area contributed by atoms with Crippen molar-refractivity contribution >= 4 is 28.5 Å². The van der Waals surface area contributed by atoms with Crippen molar-refractivity contribution in [2.24, 2.45) is 23.7 Å². The number of aromatic nitrogens is 2. The first-order valence-corrected chi connectivity index (χ1v) is 11.9. The minimum atomic E-state index is -0.329. The lowest BCUT2D eigenvalue weighted by molar-refractivity contribution is -0.121. The van der Waals surface area contributed by atoms with E-state index < -0.39 is 0 Å². The molecule has 0 aromatic carbocycles. The average Bonchev–Trinajstić information content (AvgIpc) is 3.17. The van der Waals surface area contributed by atoms with Gasteiger partial charge in [0, 0.05) is 18.5 Å². The maximum atomic E-state index is 12.8. The molecule has 4 aliphatic carbocycles. The summed E-state index contributed by atoms with van der Waals surface area (Å²) in [5, 5.41) is 13.6. The van der Waals surface area contributed by atoms with Gasteiger partial charge in [-0.25, -0.2) is 4.79 Å². The van der Waals surface area contributed by atoms with Crippen molar-refractivity contribution < 1.29 is 14.3 Å². The van der Waals surface area contributed by atoms with Gasteiger partial charge in [0.1, 0.15) is 5.01 Å². The molecular weight excluding hydrogens is 388 g/mol. The van der Waals surface area contributed by atoms with Gasteiger partial charge in [-0.2, -0.15) is 0 Å². The molecule has 5 aliphatic rings. The highest BCUT2D eigenvalue weighted by Gasteiger charge is 2.53. The summed E-state index contributed by atoms with van der Waals surface area (Å²) in [6.07, 6.45) is 9.22. The Bertz CT molecular complexity index is 759. The highest BCUT2D eigenvalue weighted by Crippen LogP contribution is 2.61. The number of hydrogen-bond acceptors (Lipinski definition) is 6. The van der Waals surface area contributed by atoms with Crippen molar-refractivity contribution in [1.29, 1.82) is 0 Å². The lowest BCUT2D eigenvalue weighted by atomic mass is 9.50. The Hall–Kier alpha value is -1.70. The Morgan fingerprint density at radius 3 is 2.52 bits per heavy atom. The van der Waals surface area contributed by atoms with Crippen LogP contribution in [0.3, 0.4) is 0 Å². The van der Waals surface area contributed by atoms with Crippen LogP contribution >= 0.6 is 11.3 Å². The Morgan fingerprint density at radius 2 is 1.86 bits per heavy atom. The van der Waals surface area contributed by atoms with Crippen LogP contribution in [0, 0.1) is 23.7 Å². The molecule has 1 aromatic rings. The first kappa shape index (κ1) is 19.3. The molecule has 1 aliphatic heterocycles. The SMILES string of the molecule is CCOC(=O)N1CCCC(C(=O)Nc2nnc(C34CC5CC(CC(C5)C3)C4)s2)C1. The molecule has 2 heterocycles. The number of ether oxygens (including phenoxy) is 1. The zero-order chi connectivity index (χ0) is 20.0. The predicted molar refractivity (Wildman–Crippen MR) is 110 cm³/mol. The highest BCUT2D eigenvalue weighted by molar-refractivity contribution is 7.15. The number of likely N-dealkylation sites (tertiary alicyclic amines) is 1. The van der Waals surface area contributed by atoms with Crippen molar-refractivity contribution in [2.75, 3.05) is 25.0 Å². The number of piperidine rings is 1. The molecule has 1 atom stereocenters. The van der Waals surface area contributed by atoms with Crippen LogP contribution in [0.25, 0.3) is 0 Å². The lowest BCUT2D eigenvalue weighted by Crippen LogP contribution is -2.48. The maximum Gasteiger partial charge on any atom is 0.409 e. The molecule has 8 heteroatoms. The number of rotatable bonds is 4. The van der Waals surface area contributed by atoms with E-state index in [1.54, 1.807) is 23.2 Å². The molecule has 1 aromatic heterocycles. The quantitative estimate of drug-likeness (QED) is 0.804. The smallest absolute Gasteiger partial charge is 0.409 e. The zero-order valence-corrected chi connectivity index (χ0v) is 17.9. The van der Waals surface area contributed by atoms with Gasteiger partial charge in [0.15, 0.2) is 0 Å². The minimum absolute atomic E-state index is 0.0628. The van der Waals surface area contributed by atoms with Crippen LogP contribution < -0.4 is 5.32 Å². The summed E-state index contributed by atoms with van der Waals surface area (Å²) in [7, 11) is 0. The van der Waals surface area contributed by atoms with Crippen LogP contribution in [0.4, 0.5) is 9.93 Å². The fourth-order valence-electron chi connectivity index (χ4n) is 6.64. The summed E-state index contributed by atoms with van der Waals surface area (Å²) in [4.78, 5) is 26.4. The third-order valence-corrected chi connectivity index (χ3v) is 8.55. The molecule has 7 nitrogen and oxygen atoms in total. The summed E-state index contributed by atoms with van der Waals surface area (Å²) < 4.78 is 5.08. The standard InChI is InChI=1S/C21H30N4O3S/c1-2-28-20(27)25-5-3-4-16(12-25)17(26)22-19-24-23-18(29-19)21-9-13-6-14(10-21)8-15(7-13)11-21/h13-16H,2-12H2,1H3,(H,22,24,26). The van der Waals surface area contributed by atoms with E-state index in [4.69, 9.17) is 4.74 Å². The topological polar surface area (TPSA) is 84.4 Å². The summed E-state index contributed by atoms with van der Waals surface area (Å²) in [6, 6.07) is 0. The van der Waals surface area contributed by atoms with Crippen molar-refractivity contribution in [3.63, 3.8) is 0 Å². The van der Waals surface area contributed by atoms with E-state index in [0.717, 1.165) is 35.6 Å². The van der Waals surface area contributed by atoms with E-state index in [2.05, 4.69) is 15.5 Å². The van der Waals surface area contributed by atoms with Gasteiger partial charge in [0.05, 0.1) is 12.5 Å². The van der Waals surface area contributed by atoms with Crippen molar-refractivity contribution in [1.82, 2.24) is 15.1 Å². The second kappa shape index (κ2) is 7.52. The van der Waals surface area contributed by atoms with E-state index in [9.17, 15) is 9.59 Å². The molecule has 1 saturated heterocycles. The first-order chi connectivity index (χ1) is 14.0. The molecule has 4 saturated carbocycles. The fraction of sp³-hybridized carbons (Fsp3) is 0.810. The van der Waals surface area contributed by atoms with Crippen molar-refractivity contribution in [2.45, 2.75) is 63.7 Å². The van der Waals surface area contributed by atoms with Crippen LogP contribution in [0.1, 0.15) is 63.3 Å². The molecule has 158 valence electrons. The predicted octanol–water partition coefficient (Wildman–Crippen LogP) is 3.81. The third kappa shape index (κ3) is 3.64. The Labute approximate surface area is 175 Å². The number of carbonyl (C=O) groups excluding carboxylic acids is 2. The molecular formula is C21H30N4O3S. The molecule has 1 unspecified atom stereocenters. The molecule has 6 rings (SSSR count). The van der Waals surface area contributed by atoms with Crippen LogP contribution in [-0.4, -0.2) is 46.8 Å². The summed E-state index contributed by atoms with van der Waals surface area (Å²) in [5.41, 5.74) is 0.209. The first-order valence-electron chi connectivity index (χ1n) is 11.1. The van der Waals surface area contributed by atoms with Crippen LogP contribution in [0.15, 0.2) is 0 Å². The largest absolute Gasteiger partial charge is 0.450 e. The number of anilines is 1. The number of amides is 2. The maximum absolute atomic E-state index is 12.8. The second-order valence-corrected chi connectivity index (χ2v) is 10.6. The van der Waals surface area contributed by atoms with Gasteiger partial charge < -0.3 is 15.0 Å². The monoisotopic (exact) mass is 418 g/mol. The Balaban J connectivity index is 1.24. The van der Waals surface area contributed by atoms with E-state index in [0.29, 0.717) is 24.8 Å². The molecule has 2 amide bonds. The number of nitrogens with one attached hydrogen (secondary N) is 1. The molecule has 5 fully saturated rings. The van der Waals surface area contributed by atoms with E-state index >= 15 is 0 Å². The highest BCUT2D eigenvalue weighted by atomic mass is 32.1. The minimum Gasteiger partial charge on any atom is -0.450 e. The van der Waals surface area contributed by atoms with Gasteiger partial charge in [-0.1, -0.05) is 11.3 Å². The zero-order valence-electron chi connectivity index (χ0n) is 17.1. The number of nitrogens with zero attached hydrogens (tertiary/aromatic N) is 3. The average molecular weight is 419 g/mol. The Kier molecular flexibility index (Phi) is 5.00. The van der Waals surface area contributed by atoms with Gasteiger partial charge in [0.25, 0.3) is 0 Å². The Morgan fingerprint density at radius 1 is 1.17 bits per heavy atom. The van der Waals surface area contributed by atoms with Gasteiger partial charge in [0.2, 0.25) is 11.0 Å². The van der Waals surface area contributed by atoms with E-state index in [1.807, 2.05) is 0 Å². The molecule has 0 spiro atoms. The van der Waals surface area contributed by atoms with Crippen molar-refractivity contribution in [3.8, 4) is 0 Å². The van der Waals surface area contributed by atoms with Crippen LogP contribution in [0.2, 0.25) is 0 Å². The number of carbonyl (C=O) groups is 2. The molecule has 1 N–H and O–H groups in total. The van der Waals surface area contributed by atoms with Crippen LogP contribution in [-0.2, 0) is 14.9 Å². The molecule has 0 radical (unpaired) electrons. The van der Waals surface area contributed by atoms with Crippen LogP contribution in [0.5, 0.6) is 0 Å². The molecule has 29 heavy (non-hydrogen) atoms. The van der Waals surface area contributed by atoms with Gasteiger partial charge in [-0.3, -0.25) is 4.79 Å². The summed E-state index contributed by atoms with van der Waals surface area (Å²) in [6.45, 7) is 3.20. The van der Waals surface area contributed by atoms with E-state index in [1.165, 1.54) is 38.5 Å². The van der Waals surface area contributed by atoms with Crippen molar-refractivity contribution in [3.05, 3.63) is 5.01 Å². The lowest BCUT2D eigenvalue weighted by Gasteiger charge is -2.55. The van der Waals surface area contributed by atoms with Gasteiger partial charge in [-0.05, 0) is 76.0 Å². The summed E-state index contributed by atoms with van der Waals surface area (Å²) >= 11 is 1.57. The second-order valence-electron chi connectivity index (χ2n) is 9.58. The van der Waals surface area contributed by atoms with Gasteiger partial charge >= 0.3 is 6.09 Å². The fourth-order valence-corrected chi connectivity index (χ4v) is 7.60. The van der Waals surface area contributed by atoms with Gasteiger partial charge in [-0.15, -0.1) is 10.2 Å².